The second-order valence-electron chi connectivity index (χ2n) is 5.11. The Bertz CT molecular complexity index is 498. The first-order chi connectivity index (χ1) is 8.69. The molecule has 4 nitrogen and oxygen atoms in total. The van der Waals surface area contributed by atoms with Crippen LogP contribution in [-0.2, 0) is 4.79 Å². The summed E-state index contributed by atoms with van der Waals surface area (Å²) in [5, 5.41) is 5.07. The Morgan fingerprint density at radius 3 is 2.47 bits per heavy atom. The molecular weight excluding hydrogens is 315 g/mol. The smallest absolute Gasteiger partial charge is 0.254 e. The van der Waals surface area contributed by atoms with Crippen LogP contribution in [0.4, 0.5) is 4.39 Å². The molecule has 0 radical (unpaired) electrons. The molecule has 1 aromatic rings. The number of amides is 2. The molecule has 0 aliphatic carbocycles. The zero-order valence-corrected chi connectivity index (χ0v) is 12.6. The summed E-state index contributed by atoms with van der Waals surface area (Å²) in [6, 6.07) is 4.12. The van der Waals surface area contributed by atoms with Crippen LogP contribution in [0.1, 0.15) is 31.1 Å². The van der Waals surface area contributed by atoms with Gasteiger partial charge in [-0.05, 0) is 39.0 Å². The van der Waals surface area contributed by atoms with Crippen LogP contribution in [0.2, 0.25) is 0 Å². The van der Waals surface area contributed by atoms with E-state index in [2.05, 4.69) is 26.6 Å². The van der Waals surface area contributed by atoms with E-state index in [1.807, 2.05) is 20.8 Å². The van der Waals surface area contributed by atoms with E-state index >= 15 is 0 Å². The molecule has 0 heterocycles. The molecule has 0 atom stereocenters. The molecule has 0 aliphatic rings. The molecule has 0 aromatic heterocycles. The molecule has 0 saturated carbocycles. The van der Waals surface area contributed by atoms with Crippen molar-refractivity contribution >= 4 is 27.7 Å². The Labute approximate surface area is 119 Å². The second-order valence-corrected chi connectivity index (χ2v) is 6.02. The molecule has 19 heavy (non-hydrogen) atoms. The lowest BCUT2D eigenvalue weighted by molar-refractivity contribution is -0.121. The quantitative estimate of drug-likeness (QED) is 0.892. The zero-order valence-electron chi connectivity index (χ0n) is 11.0. The minimum Gasteiger partial charge on any atom is -0.350 e. The van der Waals surface area contributed by atoms with Gasteiger partial charge < -0.3 is 10.6 Å². The summed E-state index contributed by atoms with van der Waals surface area (Å²) in [6.45, 7) is 5.31. The maximum absolute atomic E-state index is 13.5. The Kier molecular flexibility index (Phi) is 5.05. The third kappa shape index (κ3) is 5.38. The van der Waals surface area contributed by atoms with Crippen molar-refractivity contribution in [3.05, 3.63) is 34.1 Å². The summed E-state index contributed by atoms with van der Waals surface area (Å²) < 4.78 is 14.1. The van der Waals surface area contributed by atoms with Gasteiger partial charge >= 0.3 is 0 Å². The van der Waals surface area contributed by atoms with Crippen LogP contribution in [-0.4, -0.2) is 23.9 Å². The number of carbonyl (C=O) groups is 2. The van der Waals surface area contributed by atoms with Crippen LogP contribution < -0.4 is 10.6 Å². The molecule has 0 unspecified atom stereocenters. The lowest BCUT2D eigenvalue weighted by Crippen LogP contribution is -2.45. The van der Waals surface area contributed by atoms with E-state index in [1.54, 1.807) is 6.07 Å². The van der Waals surface area contributed by atoms with Gasteiger partial charge in [0, 0.05) is 10.0 Å². The second kappa shape index (κ2) is 6.14. The molecule has 0 spiro atoms. The third-order valence-electron chi connectivity index (χ3n) is 2.10. The first-order valence-corrected chi connectivity index (χ1v) is 6.52. The van der Waals surface area contributed by atoms with Gasteiger partial charge in [-0.3, -0.25) is 9.59 Å². The normalized spacial score (nSPS) is 11.0. The molecule has 6 heteroatoms. The fourth-order valence-corrected chi connectivity index (χ4v) is 1.73. The van der Waals surface area contributed by atoms with E-state index in [4.69, 9.17) is 0 Å². The largest absolute Gasteiger partial charge is 0.350 e. The highest BCUT2D eigenvalue weighted by atomic mass is 79.9. The van der Waals surface area contributed by atoms with Gasteiger partial charge in [-0.2, -0.15) is 0 Å². The summed E-state index contributed by atoms with van der Waals surface area (Å²) in [4.78, 5) is 23.2. The van der Waals surface area contributed by atoms with Gasteiger partial charge in [0.05, 0.1) is 12.1 Å². The summed E-state index contributed by atoms with van der Waals surface area (Å²) in [7, 11) is 0. The Balaban J connectivity index is 2.59. The maximum atomic E-state index is 13.5. The number of nitrogens with one attached hydrogen (secondary N) is 2. The maximum Gasteiger partial charge on any atom is 0.254 e. The van der Waals surface area contributed by atoms with E-state index in [1.165, 1.54) is 12.1 Å². The molecular formula is C13H16BrFN2O2. The molecule has 2 N–H and O–H groups in total. The topological polar surface area (TPSA) is 58.2 Å². The number of hydrogen-bond donors (Lipinski definition) is 2. The minimum atomic E-state index is -0.636. The van der Waals surface area contributed by atoms with Crippen molar-refractivity contribution in [2.45, 2.75) is 26.3 Å². The lowest BCUT2D eigenvalue weighted by Gasteiger charge is -2.20. The molecule has 104 valence electrons. The summed E-state index contributed by atoms with van der Waals surface area (Å²) in [6.07, 6.45) is 0. The summed E-state index contributed by atoms with van der Waals surface area (Å²) in [5.41, 5.74) is -0.461. The highest BCUT2D eigenvalue weighted by Crippen LogP contribution is 2.15. The van der Waals surface area contributed by atoms with Crippen molar-refractivity contribution in [1.82, 2.24) is 10.6 Å². The number of benzene rings is 1. The number of carbonyl (C=O) groups excluding carboxylic acids is 2. The van der Waals surface area contributed by atoms with Gasteiger partial charge in [0.2, 0.25) is 5.91 Å². The van der Waals surface area contributed by atoms with E-state index in [-0.39, 0.29) is 23.6 Å². The van der Waals surface area contributed by atoms with Crippen molar-refractivity contribution in [2.75, 3.05) is 6.54 Å². The standard InChI is InChI=1S/C13H16BrFN2O2/c1-13(2,3)17-11(18)7-16-12(19)9-5-4-8(14)6-10(9)15/h4-6H,7H2,1-3H3,(H,16,19)(H,17,18). The number of halogens is 2. The van der Waals surface area contributed by atoms with Gasteiger partial charge in [-0.15, -0.1) is 0 Å². The van der Waals surface area contributed by atoms with Crippen molar-refractivity contribution in [3.63, 3.8) is 0 Å². The highest BCUT2D eigenvalue weighted by molar-refractivity contribution is 9.10. The van der Waals surface area contributed by atoms with Gasteiger partial charge in [-0.25, -0.2) is 4.39 Å². The monoisotopic (exact) mass is 330 g/mol. The SMILES string of the molecule is CC(C)(C)NC(=O)CNC(=O)c1ccc(Br)cc1F. The average Bonchev–Trinajstić information content (AvgIpc) is 2.23. The minimum absolute atomic E-state index is 0.0910. The molecule has 1 aromatic carbocycles. The molecule has 0 bridgehead atoms. The average molecular weight is 331 g/mol. The van der Waals surface area contributed by atoms with Gasteiger partial charge in [0.15, 0.2) is 0 Å². The fourth-order valence-electron chi connectivity index (χ4n) is 1.39. The zero-order chi connectivity index (χ0) is 14.6. The van der Waals surface area contributed by atoms with Gasteiger partial charge in [0.1, 0.15) is 5.82 Å². The summed E-state index contributed by atoms with van der Waals surface area (Å²) in [5.74, 6) is -1.57. The predicted molar refractivity (Wildman–Crippen MR) is 74.3 cm³/mol. The number of hydrogen-bond acceptors (Lipinski definition) is 2. The summed E-state index contributed by atoms with van der Waals surface area (Å²) >= 11 is 3.10. The van der Waals surface area contributed by atoms with Crippen molar-refractivity contribution in [1.29, 1.82) is 0 Å². The van der Waals surface area contributed by atoms with E-state index in [9.17, 15) is 14.0 Å². The highest BCUT2D eigenvalue weighted by Gasteiger charge is 2.16. The predicted octanol–water partition coefficient (Wildman–Crippen LogP) is 2.23. The molecule has 0 fully saturated rings. The van der Waals surface area contributed by atoms with Crippen molar-refractivity contribution in [3.8, 4) is 0 Å². The third-order valence-corrected chi connectivity index (χ3v) is 2.59. The van der Waals surface area contributed by atoms with Crippen LogP contribution >= 0.6 is 15.9 Å². The lowest BCUT2D eigenvalue weighted by atomic mass is 10.1. The molecule has 0 aliphatic heterocycles. The van der Waals surface area contributed by atoms with Crippen LogP contribution in [0.15, 0.2) is 22.7 Å². The Hall–Kier alpha value is -1.43. The Morgan fingerprint density at radius 2 is 1.95 bits per heavy atom. The van der Waals surface area contributed by atoms with Crippen LogP contribution in [0.5, 0.6) is 0 Å². The molecule has 2 amide bonds. The first kappa shape index (κ1) is 15.6. The van der Waals surface area contributed by atoms with Crippen LogP contribution in [0.3, 0.4) is 0 Å². The Morgan fingerprint density at radius 1 is 1.32 bits per heavy atom. The van der Waals surface area contributed by atoms with E-state index in [0.29, 0.717) is 4.47 Å². The van der Waals surface area contributed by atoms with Crippen LogP contribution in [0, 0.1) is 5.82 Å². The van der Waals surface area contributed by atoms with E-state index < -0.39 is 11.7 Å². The molecule has 1 rings (SSSR count). The van der Waals surface area contributed by atoms with Crippen molar-refractivity contribution in [2.24, 2.45) is 0 Å². The van der Waals surface area contributed by atoms with E-state index in [0.717, 1.165) is 0 Å². The van der Waals surface area contributed by atoms with Crippen molar-refractivity contribution < 1.29 is 14.0 Å². The van der Waals surface area contributed by atoms with Gasteiger partial charge in [0.25, 0.3) is 5.91 Å². The van der Waals surface area contributed by atoms with Crippen LogP contribution in [0.25, 0.3) is 0 Å². The van der Waals surface area contributed by atoms with Gasteiger partial charge in [-0.1, -0.05) is 15.9 Å². The molecule has 0 saturated heterocycles. The number of rotatable bonds is 3. The first-order valence-electron chi connectivity index (χ1n) is 5.73. The fraction of sp³-hybridized carbons (Fsp3) is 0.385.